The molecule has 0 aliphatic carbocycles. The first-order valence-corrected chi connectivity index (χ1v) is 8.65. The largest absolute Gasteiger partial charge is 0.701 e. The molecule has 0 saturated heterocycles. The Morgan fingerprint density at radius 3 is 2.20 bits per heavy atom. The maximum Gasteiger partial charge on any atom is 0.263 e. The Bertz CT molecular complexity index is 999. The van der Waals surface area contributed by atoms with Crippen LogP contribution < -0.4 is 3.89 Å². The van der Waals surface area contributed by atoms with E-state index in [-0.39, 0.29) is 5.89 Å². The Labute approximate surface area is 144 Å². The molecule has 132 valence electrons. The standard InChI is InChI=1S/C15H16N4O5S/c1-9-13(10(2)23-17-9)15-16-14(18-24-15)11-5-7-12(8-6-11)19(3,4)25(20,21)22/h5-8H,1-4H3. The van der Waals surface area contributed by atoms with E-state index in [9.17, 15) is 13.0 Å². The molecule has 0 fully saturated rings. The van der Waals surface area contributed by atoms with Crippen molar-refractivity contribution < 1.29 is 22.0 Å². The van der Waals surface area contributed by atoms with E-state index in [1.54, 1.807) is 26.0 Å². The van der Waals surface area contributed by atoms with Gasteiger partial charge in [-0.15, -0.1) is 0 Å². The van der Waals surface area contributed by atoms with Crippen molar-refractivity contribution in [2.24, 2.45) is 0 Å². The Hall–Kier alpha value is -2.56. The van der Waals surface area contributed by atoms with Crippen molar-refractivity contribution in [2.45, 2.75) is 13.8 Å². The molecule has 0 spiro atoms. The smallest absolute Gasteiger partial charge is 0.263 e. The second-order valence-corrected chi connectivity index (χ2v) is 7.72. The molecular weight excluding hydrogens is 348 g/mol. The van der Waals surface area contributed by atoms with Crippen molar-refractivity contribution in [1.29, 1.82) is 0 Å². The molecule has 10 heteroatoms. The molecule has 1 aromatic carbocycles. The predicted molar refractivity (Wildman–Crippen MR) is 88.0 cm³/mol. The van der Waals surface area contributed by atoms with Gasteiger partial charge in [0.15, 0.2) is 0 Å². The number of benzene rings is 1. The lowest BCUT2D eigenvalue weighted by molar-refractivity contribution is 0.392. The third-order valence-electron chi connectivity index (χ3n) is 3.98. The summed E-state index contributed by atoms with van der Waals surface area (Å²) >= 11 is 0. The fourth-order valence-corrected chi connectivity index (χ4v) is 2.71. The molecule has 0 N–H and O–H groups in total. The summed E-state index contributed by atoms with van der Waals surface area (Å²) in [5.74, 6) is 1.19. The molecule has 0 aliphatic heterocycles. The Morgan fingerprint density at radius 1 is 1.04 bits per heavy atom. The average molecular weight is 364 g/mol. The summed E-state index contributed by atoms with van der Waals surface area (Å²) in [4.78, 5) is 4.32. The zero-order valence-corrected chi connectivity index (χ0v) is 14.9. The van der Waals surface area contributed by atoms with Gasteiger partial charge in [0.05, 0.1) is 19.8 Å². The van der Waals surface area contributed by atoms with E-state index in [2.05, 4.69) is 15.3 Å². The van der Waals surface area contributed by atoms with Crippen molar-refractivity contribution in [3.05, 3.63) is 35.7 Å². The van der Waals surface area contributed by atoms with Gasteiger partial charge < -0.3 is 13.6 Å². The van der Waals surface area contributed by atoms with E-state index in [1.807, 2.05) is 0 Å². The van der Waals surface area contributed by atoms with Gasteiger partial charge >= 0.3 is 0 Å². The van der Waals surface area contributed by atoms with Gasteiger partial charge in [-0.3, -0.25) is 0 Å². The van der Waals surface area contributed by atoms with Crippen LogP contribution in [0.1, 0.15) is 11.5 Å². The monoisotopic (exact) mass is 364 g/mol. The molecule has 0 saturated carbocycles. The van der Waals surface area contributed by atoms with Crippen LogP contribution in [0.2, 0.25) is 0 Å². The zero-order valence-electron chi connectivity index (χ0n) is 14.0. The fourth-order valence-electron chi connectivity index (χ4n) is 2.33. The number of rotatable bonds is 4. The summed E-state index contributed by atoms with van der Waals surface area (Å²) in [7, 11) is -1.93. The summed E-state index contributed by atoms with van der Waals surface area (Å²) in [6.45, 7) is 3.52. The third kappa shape index (κ3) is 2.95. The van der Waals surface area contributed by atoms with E-state index < -0.39 is 14.2 Å². The molecule has 3 rings (SSSR count). The minimum atomic E-state index is -4.55. The number of aromatic nitrogens is 3. The van der Waals surface area contributed by atoms with Crippen molar-refractivity contribution in [3.63, 3.8) is 0 Å². The summed E-state index contributed by atoms with van der Waals surface area (Å²) in [5, 5.41) is 7.77. The van der Waals surface area contributed by atoms with Crippen molar-refractivity contribution in [1.82, 2.24) is 19.2 Å². The zero-order chi connectivity index (χ0) is 18.4. The van der Waals surface area contributed by atoms with Crippen LogP contribution in [0, 0.1) is 13.8 Å². The van der Waals surface area contributed by atoms with Gasteiger partial charge in [0.25, 0.3) is 16.2 Å². The molecule has 0 amide bonds. The highest BCUT2D eigenvalue weighted by atomic mass is 32.2. The van der Waals surface area contributed by atoms with E-state index >= 15 is 0 Å². The maximum atomic E-state index is 11.4. The normalized spacial score (nSPS) is 12.5. The molecule has 0 bridgehead atoms. The predicted octanol–water partition coefficient (Wildman–Crippen LogP) is 2.04. The van der Waals surface area contributed by atoms with Crippen LogP contribution in [0.25, 0.3) is 22.8 Å². The van der Waals surface area contributed by atoms with Crippen LogP contribution in [-0.4, -0.2) is 42.4 Å². The van der Waals surface area contributed by atoms with E-state index in [0.717, 1.165) is 0 Å². The quantitative estimate of drug-likeness (QED) is 0.509. The number of nitrogens with zero attached hydrogens (tertiary/aromatic N) is 4. The highest BCUT2D eigenvalue weighted by molar-refractivity contribution is 7.85. The SMILES string of the molecule is Cc1noc(C)c1-c1nc(-c2ccc([N+](C)(C)S(=O)(=O)[O-])cc2)no1. The first kappa shape index (κ1) is 17.3. The third-order valence-corrected chi connectivity index (χ3v) is 5.31. The Balaban J connectivity index is 1.95. The lowest BCUT2D eigenvalue weighted by Gasteiger charge is -2.30. The van der Waals surface area contributed by atoms with Gasteiger partial charge in [-0.05, 0) is 26.0 Å². The van der Waals surface area contributed by atoms with Crippen molar-refractivity contribution in [3.8, 4) is 22.8 Å². The number of hydrogen-bond donors (Lipinski definition) is 0. The van der Waals surface area contributed by atoms with Gasteiger partial charge in [-0.1, -0.05) is 10.3 Å². The van der Waals surface area contributed by atoms with E-state index in [1.165, 1.54) is 26.2 Å². The van der Waals surface area contributed by atoms with Gasteiger partial charge in [0.1, 0.15) is 17.0 Å². The molecule has 0 radical (unpaired) electrons. The molecule has 2 aromatic heterocycles. The van der Waals surface area contributed by atoms with Crippen molar-refractivity contribution in [2.75, 3.05) is 14.1 Å². The molecule has 9 nitrogen and oxygen atoms in total. The maximum absolute atomic E-state index is 11.4. The first-order valence-electron chi connectivity index (χ1n) is 7.29. The van der Waals surface area contributed by atoms with Crippen LogP contribution in [0.15, 0.2) is 33.3 Å². The molecule has 2 heterocycles. The number of aryl methyl sites for hydroxylation is 2. The minimum absolute atomic E-state index is 0.286. The van der Waals surface area contributed by atoms with Gasteiger partial charge in [-0.2, -0.15) is 13.4 Å². The molecule has 0 atom stereocenters. The topological polar surface area (TPSA) is 122 Å². The molecule has 25 heavy (non-hydrogen) atoms. The van der Waals surface area contributed by atoms with Gasteiger partial charge in [0.2, 0.25) is 5.82 Å². The highest BCUT2D eigenvalue weighted by Crippen LogP contribution is 2.29. The average Bonchev–Trinajstić information content (AvgIpc) is 3.13. The van der Waals surface area contributed by atoms with Gasteiger partial charge in [-0.25, -0.2) is 3.89 Å². The molecule has 3 aromatic rings. The lowest BCUT2D eigenvalue weighted by atomic mass is 10.2. The van der Waals surface area contributed by atoms with Crippen LogP contribution in [0.3, 0.4) is 0 Å². The molecule has 0 unspecified atom stereocenters. The van der Waals surface area contributed by atoms with Gasteiger partial charge in [0, 0.05) is 17.7 Å². The van der Waals surface area contributed by atoms with E-state index in [0.29, 0.717) is 34.1 Å². The molecular formula is C15H16N4O5S. The summed E-state index contributed by atoms with van der Waals surface area (Å²) in [6.07, 6.45) is 0. The Morgan fingerprint density at radius 2 is 1.68 bits per heavy atom. The Kier molecular flexibility index (Phi) is 3.98. The minimum Gasteiger partial charge on any atom is -0.701 e. The van der Waals surface area contributed by atoms with E-state index in [4.69, 9.17) is 9.05 Å². The lowest BCUT2D eigenvalue weighted by Crippen LogP contribution is -2.46. The van der Waals surface area contributed by atoms with Crippen LogP contribution in [0.4, 0.5) is 5.69 Å². The number of hydrogen-bond acceptors (Lipinski definition) is 8. The van der Waals surface area contributed by atoms with Crippen LogP contribution >= 0.6 is 0 Å². The highest BCUT2D eigenvalue weighted by Gasteiger charge is 2.27. The summed E-state index contributed by atoms with van der Waals surface area (Å²) in [6, 6.07) is 6.33. The van der Waals surface area contributed by atoms with Crippen molar-refractivity contribution >= 4 is 16.0 Å². The van der Waals surface area contributed by atoms with Crippen LogP contribution in [-0.2, 0) is 10.3 Å². The first-order chi connectivity index (χ1) is 11.6. The second kappa shape index (κ2) is 5.76. The van der Waals surface area contributed by atoms with Crippen LogP contribution in [0.5, 0.6) is 0 Å². The fraction of sp³-hybridized carbons (Fsp3) is 0.267. The molecule has 0 aliphatic rings. The number of quaternary nitrogens is 1. The summed E-state index contributed by atoms with van der Waals surface area (Å²) in [5.41, 5.74) is 2.23. The summed E-state index contributed by atoms with van der Waals surface area (Å²) < 4.78 is 43.7. The second-order valence-electron chi connectivity index (χ2n) is 5.95.